The van der Waals surface area contributed by atoms with E-state index in [2.05, 4.69) is 118 Å². The molecule has 0 aromatic rings. The Morgan fingerprint density at radius 3 is 1.08 bits per heavy atom. The summed E-state index contributed by atoms with van der Waals surface area (Å²) in [6.45, 7) is 4.35. The summed E-state index contributed by atoms with van der Waals surface area (Å²) in [5, 5.41) is 9.80. The van der Waals surface area contributed by atoms with Gasteiger partial charge in [-0.15, -0.1) is 0 Å². The molecule has 0 aromatic heterocycles. The van der Waals surface area contributed by atoms with Crippen LogP contribution in [0.15, 0.2) is 97.2 Å². The first-order valence-corrected chi connectivity index (χ1v) is 30.6. The molecule has 0 aliphatic heterocycles. The normalized spacial score (nSPS) is 14.1. The van der Waals surface area contributed by atoms with E-state index in [1.165, 1.54) is 70.6 Å². The van der Waals surface area contributed by atoms with Gasteiger partial charge in [0.15, 0.2) is 6.10 Å². The quantitative estimate of drug-likeness (QED) is 0.0197. The van der Waals surface area contributed by atoms with Gasteiger partial charge >= 0.3 is 25.7 Å². The standard InChI is InChI=1S/C62H105O11P/c1-4-7-10-13-16-19-22-25-27-28-29-30-32-35-38-41-44-47-50-53-62(66)73-59(55-69-60(64)51-48-45-42-39-36-34-31-26-23-20-17-14-11-8-5-2)57-71-74(67,68)70-56-58(54-63)72-61(65)52-49-46-43-40-37-33-24-21-18-15-12-9-6-3/h7,9-10,12,16,18-19,21,25,27,29-30,33,35,37-38,58-59,63H,4-6,8,11,13-15,17,20,22-24,26,28,31-32,34,36,39-57H2,1-3H3,(H,67,68)/b10-7-,12-9-,19-16-,21-18-,27-25-,30-29-,37-33-,38-35-. The minimum absolute atomic E-state index is 0.124. The van der Waals surface area contributed by atoms with Crippen molar-refractivity contribution in [1.82, 2.24) is 0 Å². The molecule has 12 heteroatoms. The Balaban J connectivity index is 4.81. The number of phosphoric ester groups is 1. The lowest BCUT2D eigenvalue weighted by molar-refractivity contribution is -0.161. The fourth-order valence-electron chi connectivity index (χ4n) is 7.63. The molecule has 424 valence electrons. The highest BCUT2D eigenvalue weighted by molar-refractivity contribution is 7.47. The zero-order valence-corrected chi connectivity index (χ0v) is 47.7. The number of aliphatic hydroxyl groups is 1. The smallest absolute Gasteiger partial charge is 0.462 e. The van der Waals surface area contributed by atoms with Gasteiger partial charge in [-0.05, 0) is 96.3 Å². The SMILES string of the molecule is CC/C=C\C/C=C\C/C=C\C/C=C\C/C=C\CCCCCC(=O)OC(COC(=O)CCCCCCCCCCCCCCCCC)COP(=O)(O)OCC(CO)OC(=O)CCCCC/C=C\C/C=C\C/C=C\CC. The van der Waals surface area contributed by atoms with Gasteiger partial charge in [-0.3, -0.25) is 23.4 Å². The number of phosphoric acid groups is 1. The van der Waals surface area contributed by atoms with Crippen LogP contribution >= 0.6 is 7.82 Å². The van der Waals surface area contributed by atoms with Crippen molar-refractivity contribution in [3.8, 4) is 0 Å². The molecule has 3 unspecified atom stereocenters. The van der Waals surface area contributed by atoms with E-state index in [0.29, 0.717) is 19.3 Å². The van der Waals surface area contributed by atoms with Gasteiger partial charge in [-0.25, -0.2) is 4.57 Å². The van der Waals surface area contributed by atoms with Gasteiger partial charge in [0.05, 0.1) is 19.8 Å². The third kappa shape index (κ3) is 53.2. The molecule has 0 heterocycles. The van der Waals surface area contributed by atoms with Crippen LogP contribution in [0, 0.1) is 0 Å². The second-order valence-electron chi connectivity index (χ2n) is 19.0. The van der Waals surface area contributed by atoms with Crippen LogP contribution in [0.25, 0.3) is 0 Å². The Labute approximate surface area is 451 Å². The number of esters is 3. The Bertz CT molecular complexity index is 1610. The molecule has 0 fully saturated rings. The number of carbonyl (C=O) groups excluding carboxylic acids is 3. The zero-order valence-electron chi connectivity index (χ0n) is 46.8. The monoisotopic (exact) mass is 1060 g/mol. The molecule has 74 heavy (non-hydrogen) atoms. The minimum Gasteiger partial charge on any atom is -0.462 e. The van der Waals surface area contributed by atoms with E-state index in [1.807, 2.05) is 0 Å². The highest BCUT2D eigenvalue weighted by Crippen LogP contribution is 2.43. The third-order valence-corrected chi connectivity index (χ3v) is 13.0. The van der Waals surface area contributed by atoms with E-state index >= 15 is 0 Å². The predicted molar refractivity (Wildman–Crippen MR) is 307 cm³/mol. The Morgan fingerprint density at radius 2 is 0.703 bits per heavy atom. The molecule has 0 spiro atoms. The molecule has 0 rings (SSSR count). The van der Waals surface area contributed by atoms with Gasteiger partial charge in [0.1, 0.15) is 12.7 Å². The molecule has 3 atom stereocenters. The van der Waals surface area contributed by atoms with Crippen molar-refractivity contribution in [3.05, 3.63) is 97.2 Å². The highest BCUT2D eigenvalue weighted by Gasteiger charge is 2.28. The van der Waals surface area contributed by atoms with Crippen LogP contribution in [-0.4, -0.2) is 66.5 Å². The van der Waals surface area contributed by atoms with E-state index in [0.717, 1.165) is 109 Å². The molecule has 0 saturated heterocycles. The highest BCUT2D eigenvalue weighted by atomic mass is 31.2. The van der Waals surface area contributed by atoms with Crippen molar-refractivity contribution in [2.24, 2.45) is 0 Å². The molecule has 11 nitrogen and oxygen atoms in total. The number of ether oxygens (including phenoxy) is 3. The van der Waals surface area contributed by atoms with E-state index < -0.39 is 57.8 Å². The number of allylic oxidation sites excluding steroid dienone is 16. The fraction of sp³-hybridized carbons (Fsp3) is 0.694. The number of carbonyl (C=O) groups is 3. The second-order valence-corrected chi connectivity index (χ2v) is 20.5. The second kappa shape index (κ2) is 55.6. The molecule has 0 saturated carbocycles. The third-order valence-electron chi connectivity index (χ3n) is 12.0. The van der Waals surface area contributed by atoms with Crippen LogP contribution in [-0.2, 0) is 42.2 Å². The Morgan fingerprint density at radius 1 is 0.392 bits per heavy atom. The van der Waals surface area contributed by atoms with Gasteiger partial charge in [0.2, 0.25) is 0 Å². The summed E-state index contributed by atoms with van der Waals surface area (Å²) < 4.78 is 39.5. The van der Waals surface area contributed by atoms with Crippen LogP contribution in [0.1, 0.15) is 239 Å². The fourth-order valence-corrected chi connectivity index (χ4v) is 8.42. The molecule has 2 N–H and O–H groups in total. The minimum atomic E-state index is -4.77. The summed E-state index contributed by atoms with van der Waals surface area (Å²) in [5.74, 6) is -1.53. The first-order valence-electron chi connectivity index (χ1n) is 29.1. The maximum atomic E-state index is 12.9. The summed E-state index contributed by atoms with van der Waals surface area (Å²) in [6, 6.07) is 0. The van der Waals surface area contributed by atoms with Crippen LogP contribution in [0.4, 0.5) is 0 Å². The lowest BCUT2D eigenvalue weighted by Crippen LogP contribution is -2.30. The van der Waals surface area contributed by atoms with Crippen LogP contribution in [0.3, 0.4) is 0 Å². The van der Waals surface area contributed by atoms with Crippen LogP contribution in [0.5, 0.6) is 0 Å². The summed E-state index contributed by atoms with van der Waals surface area (Å²) >= 11 is 0. The average molecular weight is 1060 g/mol. The average Bonchev–Trinajstić information content (AvgIpc) is 3.39. The number of unbranched alkanes of at least 4 members (excludes halogenated alkanes) is 20. The largest absolute Gasteiger partial charge is 0.472 e. The predicted octanol–water partition coefficient (Wildman–Crippen LogP) is 17.3. The molecular weight excluding hydrogens is 952 g/mol. The summed E-state index contributed by atoms with van der Waals surface area (Å²) in [6.07, 6.45) is 65.1. The van der Waals surface area contributed by atoms with Crippen molar-refractivity contribution in [2.45, 2.75) is 251 Å². The Kier molecular flexibility index (Phi) is 52.9. The van der Waals surface area contributed by atoms with Crippen molar-refractivity contribution in [2.75, 3.05) is 26.4 Å². The molecule has 0 radical (unpaired) electrons. The van der Waals surface area contributed by atoms with Crippen LogP contribution in [0.2, 0.25) is 0 Å². The Hall–Kier alpha value is -3.60. The maximum absolute atomic E-state index is 12.9. The summed E-state index contributed by atoms with van der Waals surface area (Å²) in [7, 11) is -4.77. The number of hydrogen-bond acceptors (Lipinski definition) is 10. The van der Waals surface area contributed by atoms with Gasteiger partial charge < -0.3 is 24.2 Å². The van der Waals surface area contributed by atoms with Crippen molar-refractivity contribution in [3.63, 3.8) is 0 Å². The van der Waals surface area contributed by atoms with Gasteiger partial charge in [0, 0.05) is 19.3 Å². The van der Waals surface area contributed by atoms with Crippen molar-refractivity contribution in [1.29, 1.82) is 0 Å². The molecule has 0 amide bonds. The topological polar surface area (TPSA) is 155 Å². The van der Waals surface area contributed by atoms with Crippen molar-refractivity contribution < 1.29 is 52.2 Å². The first-order chi connectivity index (χ1) is 36.2. The first kappa shape index (κ1) is 70.4. The number of aliphatic hydroxyl groups excluding tert-OH is 1. The van der Waals surface area contributed by atoms with Gasteiger partial charge in [0.25, 0.3) is 0 Å². The number of hydrogen-bond donors (Lipinski definition) is 2. The van der Waals surface area contributed by atoms with Crippen molar-refractivity contribution >= 4 is 25.7 Å². The van der Waals surface area contributed by atoms with E-state index in [1.54, 1.807) is 0 Å². The molecule has 0 aliphatic carbocycles. The van der Waals surface area contributed by atoms with E-state index in [-0.39, 0.29) is 25.9 Å². The van der Waals surface area contributed by atoms with Gasteiger partial charge in [-0.2, -0.15) is 0 Å². The molecule has 0 aromatic carbocycles. The summed E-state index contributed by atoms with van der Waals surface area (Å²) in [5.41, 5.74) is 0. The molecular formula is C62H105O11P. The summed E-state index contributed by atoms with van der Waals surface area (Å²) in [4.78, 5) is 48.5. The van der Waals surface area contributed by atoms with Crippen LogP contribution < -0.4 is 0 Å². The molecule has 0 bridgehead atoms. The van der Waals surface area contributed by atoms with Gasteiger partial charge in [-0.1, -0.05) is 221 Å². The maximum Gasteiger partial charge on any atom is 0.472 e. The number of rotatable bonds is 53. The zero-order chi connectivity index (χ0) is 54.1. The van der Waals surface area contributed by atoms with E-state index in [9.17, 15) is 28.9 Å². The molecule has 0 aliphatic rings. The lowest BCUT2D eigenvalue weighted by Gasteiger charge is -2.21. The van der Waals surface area contributed by atoms with E-state index in [4.69, 9.17) is 23.3 Å². The lowest BCUT2D eigenvalue weighted by atomic mass is 10.0.